The molecule has 3 atom stereocenters. The standard InChI is InChI=1S/C11H18FNO/c12-11(8-3-4-14-7-8)5-9-1-2-10(6-11)13-9/h8-10,13H,1-7H2. The third-order valence-electron chi connectivity index (χ3n) is 4.17. The quantitative estimate of drug-likeness (QED) is 0.693. The molecule has 3 heterocycles. The van der Waals surface area contributed by atoms with E-state index < -0.39 is 5.67 Å². The Morgan fingerprint density at radius 3 is 2.43 bits per heavy atom. The summed E-state index contributed by atoms with van der Waals surface area (Å²) in [5, 5.41) is 3.49. The molecule has 0 saturated carbocycles. The highest BCUT2D eigenvalue weighted by Crippen LogP contribution is 2.43. The van der Waals surface area contributed by atoms with Crippen molar-refractivity contribution in [1.29, 1.82) is 0 Å². The number of fused-ring (bicyclic) bond motifs is 2. The molecule has 3 aliphatic rings. The Bertz CT molecular complexity index is 215. The first-order valence-corrected chi connectivity index (χ1v) is 5.79. The fourth-order valence-corrected chi connectivity index (χ4v) is 3.40. The second kappa shape index (κ2) is 3.17. The maximum Gasteiger partial charge on any atom is 0.119 e. The van der Waals surface area contributed by atoms with Crippen molar-refractivity contribution in [2.75, 3.05) is 13.2 Å². The van der Waals surface area contributed by atoms with Crippen LogP contribution >= 0.6 is 0 Å². The van der Waals surface area contributed by atoms with Gasteiger partial charge in [-0.2, -0.15) is 0 Å². The normalized spacial score (nSPS) is 52.5. The molecule has 0 aromatic carbocycles. The van der Waals surface area contributed by atoms with Crippen molar-refractivity contribution in [3.8, 4) is 0 Å². The van der Waals surface area contributed by atoms with Crippen molar-refractivity contribution in [3.05, 3.63) is 0 Å². The summed E-state index contributed by atoms with van der Waals surface area (Å²) in [5.41, 5.74) is -0.923. The summed E-state index contributed by atoms with van der Waals surface area (Å²) < 4.78 is 20.0. The first-order valence-electron chi connectivity index (χ1n) is 5.79. The summed E-state index contributed by atoms with van der Waals surface area (Å²) in [6.07, 6.45) is 4.71. The zero-order chi connectivity index (χ0) is 9.60. The fourth-order valence-electron chi connectivity index (χ4n) is 3.40. The van der Waals surface area contributed by atoms with E-state index in [4.69, 9.17) is 4.74 Å². The summed E-state index contributed by atoms with van der Waals surface area (Å²) in [7, 11) is 0. The number of hydrogen-bond donors (Lipinski definition) is 1. The number of nitrogens with one attached hydrogen (secondary N) is 1. The van der Waals surface area contributed by atoms with Crippen molar-refractivity contribution in [1.82, 2.24) is 5.32 Å². The smallest absolute Gasteiger partial charge is 0.119 e. The lowest BCUT2D eigenvalue weighted by atomic mass is 9.78. The first kappa shape index (κ1) is 9.10. The van der Waals surface area contributed by atoms with Gasteiger partial charge in [-0.25, -0.2) is 4.39 Å². The molecule has 0 aromatic heterocycles. The Balaban J connectivity index is 1.75. The number of hydrogen-bond acceptors (Lipinski definition) is 2. The third-order valence-corrected chi connectivity index (χ3v) is 4.17. The zero-order valence-corrected chi connectivity index (χ0v) is 8.47. The molecule has 0 amide bonds. The Morgan fingerprint density at radius 1 is 1.14 bits per heavy atom. The lowest BCUT2D eigenvalue weighted by molar-refractivity contribution is 0.0198. The molecular formula is C11H18FNO. The van der Waals surface area contributed by atoms with Crippen LogP contribution in [0.4, 0.5) is 4.39 Å². The molecule has 3 rings (SSSR count). The van der Waals surface area contributed by atoms with Crippen molar-refractivity contribution >= 4 is 0 Å². The van der Waals surface area contributed by atoms with Gasteiger partial charge >= 0.3 is 0 Å². The predicted octanol–water partition coefficient (Wildman–Crippen LogP) is 1.65. The van der Waals surface area contributed by atoms with E-state index in [0.717, 1.165) is 25.9 Å². The van der Waals surface area contributed by atoms with E-state index in [2.05, 4.69) is 5.32 Å². The van der Waals surface area contributed by atoms with E-state index in [-0.39, 0.29) is 5.92 Å². The van der Waals surface area contributed by atoms with Gasteiger partial charge in [-0.1, -0.05) is 0 Å². The molecule has 0 aliphatic carbocycles. The zero-order valence-electron chi connectivity index (χ0n) is 8.47. The van der Waals surface area contributed by atoms with Crippen LogP contribution in [0.25, 0.3) is 0 Å². The summed E-state index contributed by atoms with van der Waals surface area (Å²) in [6, 6.07) is 0.888. The topological polar surface area (TPSA) is 21.3 Å². The third kappa shape index (κ3) is 1.38. The second-order valence-electron chi connectivity index (χ2n) is 5.14. The SMILES string of the molecule is FC1(C2CCOC2)CC2CCC(C1)N2. The van der Waals surface area contributed by atoms with Gasteiger partial charge in [0.2, 0.25) is 0 Å². The van der Waals surface area contributed by atoms with Crippen LogP contribution in [0.2, 0.25) is 0 Å². The Kier molecular flexibility index (Phi) is 2.06. The van der Waals surface area contributed by atoms with Crippen LogP contribution in [-0.4, -0.2) is 31.0 Å². The number of halogens is 1. The van der Waals surface area contributed by atoms with Crippen molar-refractivity contribution in [3.63, 3.8) is 0 Å². The Morgan fingerprint density at radius 2 is 1.86 bits per heavy atom. The van der Waals surface area contributed by atoms with Gasteiger partial charge in [-0.05, 0) is 32.1 Å². The summed E-state index contributed by atoms with van der Waals surface area (Å²) >= 11 is 0. The number of piperidine rings is 1. The highest BCUT2D eigenvalue weighted by molar-refractivity contribution is 5.03. The monoisotopic (exact) mass is 199 g/mol. The number of rotatable bonds is 1. The Labute approximate surface area is 84.2 Å². The number of ether oxygens (including phenoxy) is 1. The average molecular weight is 199 g/mol. The van der Waals surface area contributed by atoms with Gasteiger partial charge in [-0.15, -0.1) is 0 Å². The largest absolute Gasteiger partial charge is 0.381 e. The molecule has 80 valence electrons. The minimum absolute atomic E-state index is 0.174. The van der Waals surface area contributed by atoms with Crippen molar-refractivity contribution in [2.24, 2.45) is 5.92 Å². The molecule has 3 saturated heterocycles. The summed E-state index contributed by atoms with van der Waals surface area (Å²) in [5.74, 6) is 0.174. The molecule has 0 spiro atoms. The van der Waals surface area contributed by atoms with E-state index in [9.17, 15) is 4.39 Å². The average Bonchev–Trinajstić information content (AvgIpc) is 2.75. The van der Waals surface area contributed by atoms with Gasteiger partial charge in [0.25, 0.3) is 0 Å². The molecule has 3 unspecified atom stereocenters. The van der Waals surface area contributed by atoms with Crippen LogP contribution in [-0.2, 0) is 4.74 Å². The number of alkyl halides is 1. The lowest BCUT2D eigenvalue weighted by Crippen LogP contribution is -2.49. The van der Waals surface area contributed by atoms with Crippen LogP contribution in [0.3, 0.4) is 0 Å². The molecule has 2 nitrogen and oxygen atoms in total. The van der Waals surface area contributed by atoms with Gasteiger partial charge in [-0.3, -0.25) is 0 Å². The molecule has 3 heteroatoms. The van der Waals surface area contributed by atoms with Crippen LogP contribution < -0.4 is 5.32 Å². The predicted molar refractivity (Wildman–Crippen MR) is 51.9 cm³/mol. The first-order chi connectivity index (χ1) is 6.76. The molecule has 0 radical (unpaired) electrons. The highest BCUT2D eigenvalue weighted by Gasteiger charge is 2.49. The molecule has 14 heavy (non-hydrogen) atoms. The van der Waals surface area contributed by atoms with E-state index in [1.165, 1.54) is 12.8 Å². The second-order valence-corrected chi connectivity index (χ2v) is 5.14. The van der Waals surface area contributed by atoms with Gasteiger partial charge in [0.05, 0.1) is 6.61 Å². The van der Waals surface area contributed by atoms with Gasteiger partial charge in [0, 0.05) is 24.6 Å². The van der Waals surface area contributed by atoms with E-state index in [1.807, 2.05) is 0 Å². The minimum atomic E-state index is -0.923. The minimum Gasteiger partial charge on any atom is -0.381 e. The van der Waals surface area contributed by atoms with E-state index in [0.29, 0.717) is 18.7 Å². The van der Waals surface area contributed by atoms with E-state index in [1.54, 1.807) is 0 Å². The van der Waals surface area contributed by atoms with Crippen LogP contribution in [0, 0.1) is 5.92 Å². The summed E-state index contributed by atoms with van der Waals surface area (Å²) in [6.45, 7) is 1.41. The van der Waals surface area contributed by atoms with Gasteiger partial charge in [0.1, 0.15) is 5.67 Å². The molecule has 0 aromatic rings. The van der Waals surface area contributed by atoms with Gasteiger partial charge < -0.3 is 10.1 Å². The summed E-state index contributed by atoms with van der Waals surface area (Å²) in [4.78, 5) is 0. The molecule has 2 bridgehead atoms. The Hall–Kier alpha value is -0.150. The van der Waals surface area contributed by atoms with Crippen molar-refractivity contribution < 1.29 is 9.13 Å². The fraction of sp³-hybridized carbons (Fsp3) is 1.00. The van der Waals surface area contributed by atoms with Crippen molar-refractivity contribution in [2.45, 2.75) is 49.9 Å². The maximum absolute atomic E-state index is 14.7. The molecule has 1 N–H and O–H groups in total. The molecule has 3 fully saturated rings. The molecule has 3 aliphatic heterocycles. The van der Waals surface area contributed by atoms with Crippen LogP contribution in [0.5, 0.6) is 0 Å². The maximum atomic E-state index is 14.7. The molecular weight excluding hydrogens is 181 g/mol. The van der Waals surface area contributed by atoms with E-state index >= 15 is 0 Å². The van der Waals surface area contributed by atoms with Crippen LogP contribution in [0.1, 0.15) is 32.1 Å². The van der Waals surface area contributed by atoms with Crippen LogP contribution in [0.15, 0.2) is 0 Å². The van der Waals surface area contributed by atoms with Gasteiger partial charge in [0.15, 0.2) is 0 Å². The lowest BCUT2D eigenvalue weighted by Gasteiger charge is -2.38. The highest BCUT2D eigenvalue weighted by atomic mass is 19.1.